The third kappa shape index (κ3) is 2.65. The Morgan fingerprint density at radius 2 is 2.27 bits per heavy atom. The van der Waals surface area contributed by atoms with Crippen LogP contribution in [0.4, 0.5) is 4.39 Å². The Morgan fingerprint density at radius 1 is 1.55 bits per heavy atom. The van der Waals surface area contributed by atoms with Gasteiger partial charge < -0.3 is 5.21 Å². The van der Waals surface area contributed by atoms with E-state index in [4.69, 9.17) is 5.21 Å². The summed E-state index contributed by atoms with van der Waals surface area (Å²) in [6.07, 6.45) is 0. The van der Waals surface area contributed by atoms with E-state index in [2.05, 4.69) is 0 Å². The fourth-order valence-electron chi connectivity index (χ4n) is 0.900. The second-order valence-electron chi connectivity index (χ2n) is 2.45. The number of nitrogens with zero attached hydrogens (tertiary/aromatic N) is 1. The van der Waals surface area contributed by atoms with Crippen LogP contribution in [0.1, 0.15) is 5.56 Å². The smallest absolute Gasteiger partial charge is 0.123 e. The predicted octanol–water partition coefficient (Wildman–Crippen LogP) is 1.65. The van der Waals surface area contributed by atoms with E-state index in [1.54, 1.807) is 12.1 Å². The lowest BCUT2D eigenvalue weighted by atomic mass is 10.2. The summed E-state index contributed by atoms with van der Waals surface area (Å²) in [6.45, 7) is 0.345. The summed E-state index contributed by atoms with van der Waals surface area (Å²) in [4.78, 5) is 0. The van der Waals surface area contributed by atoms with Crippen LogP contribution < -0.4 is 0 Å². The molecule has 0 heterocycles. The monoisotopic (exact) mass is 155 g/mol. The molecule has 0 spiro atoms. The Morgan fingerprint density at radius 3 is 2.82 bits per heavy atom. The van der Waals surface area contributed by atoms with Crippen LogP contribution in [0.15, 0.2) is 24.3 Å². The summed E-state index contributed by atoms with van der Waals surface area (Å²) in [5.41, 5.74) is 0.759. The Hall–Kier alpha value is -0.930. The fourth-order valence-corrected chi connectivity index (χ4v) is 0.900. The second-order valence-corrected chi connectivity index (χ2v) is 2.45. The first-order valence-corrected chi connectivity index (χ1v) is 3.33. The molecule has 60 valence electrons. The van der Waals surface area contributed by atoms with Crippen molar-refractivity contribution in [2.45, 2.75) is 6.54 Å². The maximum atomic E-state index is 12.5. The Bertz CT molecular complexity index is 237. The van der Waals surface area contributed by atoms with Gasteiger partial charge in [-0.05, 0) is 17.7 Å². The molecular formula is C8H10FNO. The zero-order valence-corrected chi connectivity index (χ0v) is 6.29. The van der Waals surface area contributed by atoms with E-state index in [9.17, 15) is 4.39 Å². The maximum Gasteiger partial charge on any atom is 0.123 e. The minimum absolute atomic E-state index is 0.274. The van der Waals surface area contributed by atoms with Crippen molar-refractivity contribution in [3.63, 3.8) is 0 Å². The van der Waals surface area contributed by atoms with E-state index in [1.807, 2.05) is 0 Å². The summed E-state index contributed by atoms with van der Waals surface area (Å²) in [7, 11) is 1.52. The lowest BCUT2D eigenvalue weighted by molar-refractivity contribution is -0.0731. The number of hydrogen-bond acceptors (Lipinski definition) is 2. The average Bonchev–Trinajstić information content (AvgIpc) is 1.85. The van der Waals surface area contributed by atoms with E-state index in [1.165, 1.54) is 19.2 Å². The van der Waals surface area contributed by atoms with Crippen molar-refractivity contribution in [1.29, 1.82) is 0 Å². The zero-order valence-electron chi connectivity index (χ0n) is 6.29. The van der Waals surface area contributed by atoms with Crippen LogP contribution in [0.25, 0.3) is 0 Å². The van der Waals surface area contributed by atoms with Crippen LogP contribution in [0.3, 0.4) is 0 Å². The van der Waals surface area contributed by atoms with Gasteiger partial charge in [-0.2, -0.15) is 5.06 Å². The second kappa shape index (κ2) is 3.46. The van der Waals surface area contributed by atoms with Crippen LogP contribution in [0, 0.1) is 5.82 Å². The normalized spacial score (nSPS) is 10.5. The van der Waals surface area contributed by atoms with Gasteiger partial charge in [-0.25, -0.2) is 4.39 Å². The summed E-state index contributed by atoms with van der Waals surface area (Å²) < 4.78 is 12.5. The molecule has 11 heavy (non-hydrogen) atoms. The number of halogens is 1. The lowest BCUT2D eigenvalue weighted by Crippen LogP contribution is -2.11. The molecule has 0 saturated heterocycles. The fraction of sp³-hybridized carbons (Fsp3) is 0.250. The molecule has 1 aromatic rings. The first-order valence-electron chi connectivity index (χ1n) is 3.33. The third-order valence-electron chi connectivity index (χ3n) is 1.30. The highest BCUT2D eigenvalue weighted by atomic mass is 19.1. The number of rotatable bonds is 2. The van der Waals surface area contributed by atoms with Gasteiger partial charge in [0.2, 0.25) is 0 Å². The third-order valence-corrected chi connectivity index (χ3v) is 1.30. The molecule has 0 aliphatic carbocycles. The number of hydrogen-bond donors (Lipinski definition) is 1. The van der Waals surface area contributed by atoms with Crippen molar-refractivity contribution in [2.24, 2.45) is 0 Å². The van der Waals surface area contributed by atoms with Crippen LogP contribution >= 0.6 is 0 Å². The molecule has 0 aliphatic heterocycles. The largest absolute Gasteiger partial charge is 0.314 e. The molecule has 0 saturated carbocycles. The molecule has 1 aromatic carbocycles. The van der Waals surface area contributed by atoms with Crippen LogP contribution in [-0.2, 0) is 6.54 Å². The van der Waals surface area contributed by atoms with Crippen molar-refractivity contribution in [1.82, 2.24) is 5.06 Å². The number of hydroxylamine groups is 2. The standard InChI is InChI=1S/C8H10FNO/c1-10(11)6-7-3-2-4-8(9)5-7/h2-5,11H,6H2,1H3. The van der Waals surface area contributed by atoms with Crippen molar-refractivity contribution < 1.29 is 9.60 Å². The van der Waals surface area contributed by atoms with E-state index in [0.717, 1.165) is 10.6 Å². The van der Waals surface area contributed by atoms with Gasteiger partial charge >= 0.3 is 0 Å². The molecule has 3 heteroatoms. The van der Waals surface area contributed by atoms with Crippen molar-refractivity contribution >= 4 is 0 Å². The van der Waals surface area contributed by atoms with Crippen molar-refractivity contribution in [3.8, 4) is 0 Å². The Labute approximate surface area is 64.8 Å². The minimum Gasteiger partial charge on any atom is -0.314 e. The maximum absolute atomic E-state index is 12.5. The van der Waals surface area contributed by atoms with Gasteiger partial charge in [-0.3, -0.25) is 0 Å². The molecule has 0 radical (unpaired) electrons. The highest BCUT2D eigenvalue weighted by Gasteiger charge is 1.96. The first-order chi connectivity index (χ1) is 5.18. The van der Waals surface area contributed by atoms with Gasteiger partial charge in [0.15, 0.2) is 0 Å². The summed E-state index contributed by atoms with van der Waals surface area (Å²) in [5.74, 6) is -0.274. The molecule has 0 unspecified atom stereocenters. The molecule has 0 aromatic heterocycles. The van der Waals surface area contributed by atoms with Gasteiger partial charge in [0, 0.05) is 13.6 Å². The highest BCUT2D eigenvalue weighted by molar-refractivity contribution is 5.15. The lowest BCUT2D eigenvalue weighted by Gasteiger charge is -2.06. The SMILES string of the molecule is CN(O)Cc1cccc(F)c1. The zero-order chi connectivity index (χ0) is 8.27. The van der Waals surface area contributed by atoms with E-state index in [0.29, 0.717) is 6.54 Å². The van der Waals surface area contributed by atoms with E-state index in [-0.39, 0.29) is 5.82 Å². The Kier molecular flexibility index (Phi) is 2.57. The molecule has 0 fully saturated rings. The summed E-state index contributed by atoms with van der Waals surface area (Å²) in [6, 6.07) is 6.15. The van der Waals surface area contributed by atoms with Gasteiger partial charge in [0.1, 0.15) is 5.82 Å². The van der Waals surface area contributed by atoms with Crippen LogP contribution in [0.2, 0.25) is 0 Å². The summed E-state index contributed by atoms with van der Waals surface area (Å²) >= 11 is 0. The molecule has 0 amide bonds. The van der Waals surface area contributed by atoms with E-state index < -0.39 is 0 Å². The predicted molar refractivity (Wildman–Crippen MR) is 39.7 cm³/mol. The molecule has 1 rings (SSSR count). The van der Waals surface area contributed by atoms with Gasteiger partial charge in [-0.1, -0.05) is 12.1 Å². The average molecular weight is 155 g/mol. The van der Waals surface area contributed by atoms with Crippen molar-refractivity contribution in [2.75, 3.05) is 7.05 Å². The quantitative estimate of drug-likeness (QED) is 0.656. The van der Waals surface area contributed by atoms with Gasteiger partial charge in [0.25, 0.3) is 0 Å². The van der Waals surface area contributed by atoms with Crippen LogP contribution in [0.5, 0.6) is 0 Å². The Balaban J connectivity index is 2.71. The molecule has 0 aliphatic rings. The minimum atomic E-state index is -0.274. The molecular weight excluding hydrogens is 145 g/mol. The summed E-state index contributed by atoms with van der Waals surface area (Å²) in [5, 5.41) is 9.82. The van der Waals surface area contributed by atoms with Crippen LogP contribution in [-0.4, -0.2) is 17.3 Å². The van der Waals surface area contributed by atoms with E-state index >= 15 is 0 Å². The van der Waals surface area contributed by atoms with Crippen molar-refractivity contribution in [3.05, 3.63) is 35.6 Å². The first kappa shape index (κ1) is 8.17. The highest BCUT2D eigenvalue weighted by Crippen LogP contribution is 2.04. The molecule has 2 nitrogen and oxygen atoms in total. The molecule has 0 bridgehead atoms. The topological polar surface area (TPSA) is 23.5 Å². The van der Waals surface area contributed by atoms with Gasteiger partial charge in [-0.15, -0.1) is 0 Å². The number of benzene rings is 1. The molecule has 0 atom stereocenters. The van der Waals surface area contributed by atoms with Gasteiger partial charge in [0.05, 0.1) is 0 Å². The molecule has 1 N–H and O–H groups in total.